The van der Waals surface area contributed by atoms with Crippen molar-refractivity contribution >= 4 is 29.1 Å². The monoisotopic (exact) mass is 369 g/mol. The van der Waals surface area contributed by atoms with Crippen molar-refractivity contribution in [1.82, 2.24) is 9.97 Å². The normalized spacial score (nSPS) is 12.5. The van der Waals surface area contributed by atoms with Crippen molar-refractivity contribution in [3.63, 3.8) is 0 Å². The Bertz CT molecular complexity index is 779. The summed E-state index contributed by atoms with van der Waals surface area (Å²) in [6.07, 6.45) is -3.56. The fraction of sp³-hybridized carbons (Fsp3) is 0.250. The summed E-state index contributed by atoms with van der Waals surface area (Å²) >= 11 is 0.821. The van der Waals surface area contributed by atoms with Gasteiger partial charge in [0.25, 0.3) is 0 Å². The molecule has 1 aromatic carbocycles. The van der Waals surface area contributed by atoms with Crippen molar-refractivity contribution in [2.75, 3.05) is 5.32 Å². The van der Waals surface area contributed by atoms with Gasteiger partial charge in [0.1, 0.15) is 5.69 Å². The highest BCUT2D eigenvalue weighted by Crippen LogP contribution is 2.29. The number of aromatic nitrogens is 2. The summed E-state index contributed by atoms with van der Waals surface area (Å²) in [5, 5.41) is 1.78. The first kappa shape index (κ1) is 18.9. The van der Waals surface area contributed by atoms with Crippen molar-refractivity contribution < 1.29 is 22.8 Å². The van der Waals surface area contributed by atoms with Crippen LogP contribution in [0.25, 0.3) is 0 Å². The van der Waals surface area contributed by atoms with Crippen molar-refractivity contribution in [2.24, 2.45) is 0 Å². The maximum atomic E-state index is 12.6. The lowest BCUT2D eigenvalue weighted by atomic mass is 10.1. The molecule has 0 aliphatic heterocycles. The Morgan fingerprint density at radius 3 is 2.36 bits per heavy atom. The van der Waals surface area contributed by atoms with Crippen molar-refractivity contribution in [1.29, 1.82) is 0 Å². The number of carbonyl (C=O) groups is 2. The van der Waals surface area contributed by atoms with E-state index in [-0.39, 0.29) is 10.9 Å². The third-order valence-electron chi connectivity index (χ3n) is 3.13. The van der Waals surface area contributed by atoms with Gasteiger partial charge in [-0.1, -0.05) is 11.8 Å². The number of ketones is 1. The summed E-state index contributed by atoms with van der Waals surface area (Å²) in [5.41, 5.74) is -0.0670. The van der Waals surface area contributed by atoms with Crippen LogP contribution in [0.5, 0.6) is 0 Å². The number of Topliss-reactive ketones (excluding diaryl/α,β-unsaturated/α-hetero) is 1. The third-order valence-corrected chi connectivity index (χ3v) is 4.11. The van der Waals surface area contributed by atoms with Gasteiger partial charge in [0, 0.05) is 17.4 Å². The molecule has 0 saturated carbocycles. The van der Waals surface area contributed by atoms with Crippen LogP contribution in [0.1, 0.15) is 29.9 Å². The van der Waals surface area contributed by atoms with Gasteiger partial charge in [-0.25, -0.2) is 9.97 Å². The summed E-state index contributed by atoms with van der Waals surface area (Å²) in [7, 11) is 0. The Labute approximate surface area is 146 Å². The Hall–Kier alpha value is -2.42. The molecule has 2 rings (SSSR count). The molecule has 132 valence electrons. The molecule has 1 heterocycles. The molecule has 0 aliphatic carbocycles. The topological polar surface area (TPSA) is 72.0 Å². The molecule has 9 heteroatoms. The minimum absolute atomic E-state index is 0.0940. The maximum absolute atomic E-state index is 12.6. The van der Waals surface area contributed by atoms with Crippen LogP contribution in [-0.2, 0) is 11.0 Å². The van der Waals surface area contributed by atoms with Gasteiger partial charge in [-0.15, -0.1) is 0 Å². The van der Waals surface area contributed by atoms with Gasteiger partial charge >= 0.3 is 6.18 Å². The Balaban J connectivity index is 2.02. The van der Waals surface area contributed by atoms with Gasteiger partial charge < -0.3 is 5.32 Å². The number of halogens is 3. The number of anilines is 1. The second-order valence-corrected chi connectivity index (χ2v) is 6.41. The van der Waals surface area contributed by atoms with Crippen LogP contribution >= 0.6 is 11.8 Å². The number of amides is 1. The van der Waals surface area contributed by atoms with E-state index in [1.165, 1.54) is 13.8 Å². The van der Waals surface area contributed by atoms with E-state index in [4.69, 9.17) is 0 Å². The van der Waals surface area contributed by atoms with E-state index in [2.05, 4.69) is 15.3 Å². The minimum Gasteiger partial charge on any atom is -0.325 e. The third kappa shape index (κ3) is 5.28. The molecular formula is C16H14F3N3O2S. The highest BCUT2D eigenvalue weighted by molar-refractivity contribution is 8.00. The zero-order valence-corrected chi connectivity index (χ0v) is 14.1. The van der Waals surface area contributed by atoms with E-state index in [1.54, 1.807) is 24.3 Å². The molecule has 1 amide bonds. The van der Waals surface area contributed by atoms with Crippen LogP contribution in [0.15, 0.2) is 41.7 Å². The molecular weight excluding hydrogens is 355 g/mol. The van der Waals surface area contributed by atoms with Gasteiger partial charge in [-0.05, 0) is 44.2 Å². The molecule has 0 bridgehead atoms. The number of carbonyl (C=O) groups excluding carboxylic acids is 2. The Kier molecular flexibility index (Phi) is 5.78. The fourth-order valence-electron chi connectivity index (χ4n) is 1.80. The zero-order chi connectivity index (χ0) is 18.6. The number of hydrogen-bond donors (Lipinski definition) is 1. The molecule has 0 aliphatic rings. The van der Waals surface area contributed by atoms with E-state index in [0.29, 0.717) is 11.3 Å². The van der Waals surface area contributed by atoms with E-state index >= 15 is 0 Å². The van der Waals surface area contributed by atoms with Crippen LogP contribution in [0.3, 0.4) is 0 Å². The van der Waals surface area contributed by atoms with Crippen molar-refractivity contribution in [3.05, 3.63) is 47.8 Å². The molecule has 5 nitrogen and oxygen atoms in total. The molecule has 0 fully saturated rings. The first-order valence-corrected chi connectivity index (χ1v) is 8.03. The lowest BCUT2D eigenvalue weighted by Crippen LogP contribution is -2.23. The second kappa shape index (κ2) is 7.64. The second-order valence-electron chi connectivity index (χ2n) is 5.11. The fourth-order valence-corrected chi connectivity index (χ4v) is 2.55. The van der Waals surface area contributed by atoms with Gasteiger partial charge in [0.05, 0.1) is 5.25 Å². The van der Waals surface area contributed by atoms with Crippen molar-refractivity contribution in [3.8, 4) is 0 Å². The number of hydrogen-bond acceptors (Lipinski definition) is 5. The number of nitrogens with zero attached hydrogens (tertiary/aromatic N) is 2. The first-order valence-electron chi connectivity index (χ1n) is 7.15. The van der Waals surface area contributed by atoms with Gasteiger partial charge in [-0.2, -0.15) is 13.2 Å². The molecule has 1 aromatic heterocycles. The highest BCUT2D eigenvalue weighted by Gasteiger charge is 2.33. The smallest absolute Gasteiger partial charge is 0.325 e. The molecule has 0 radical (unpaired) electrons. The molecule has 0 spiro atoms. The Morgan fingerprint density at radius 2 is 1.80 bits per heavy atom. The molecule has 0 saturated heterocycles. The minimum atomic E-state index is -4.57. The summed E-state index contributed by atoms with van der Waals surface area (Å²) in [4.78, 5) is 30.5. The summed E-state index contributed by atoms with van der Waals surface area (Å²) in [6.45, 7) is 2.97. The van der Waals surface area contributed by atoms with E-state index in [0.717, 1.165) is 24.0 Å². The number of nitrogens with one attached hydrogen (secondary N) is 1. The quantitative estimate of drug-likeness (QED) is 0.493. The van der Waals surface area contributed by atoms with Crippen LogP contribution < -0.4 is 5.32 Å². The standard InChI is InChI=1S/C16H14F3N3O2S/c1-9(23)11-3-5-12(6-4-11)21-14(24)10(2)25-15-20-8-7-13(22-15)16(17,18)19/h3-8,10H,1-2H3,(H,21,24). The predicted molar refractivity (Wildman–Crippen MR) is 87.4 cm³/mol. The van der Waals surface area contributed by atoms with Crippen LogP contribution in [-0.4, -0.2) is 26.9 Å². The first-order chi connectivity index (χ1) is 11.7. The number of rotatable bonds is 5. The summed E-state index contributed by atoms with van der Waals surface area (Å²) < 4.78 is 37.9. The van der Waals surface area contributed by atoms with Gasteiger partial charge in [0.15, 0.2) is 10.9 Å². The molecule has 1 atom stereocenters. The lowest BCUT2D eigenvalue weighted by molar-refractivity contribution is -0.141. The van der Waals surface area contributed by atoms with E-state index in [1.807, 2.05) is 0 Å². The molecule has 25 heavy (non-hydrogen) atoms. The number of thioether (sulfide) groups is 1. The molecule has 2 aromatic rings. The van der Waals surface area contributed by atoms with Crippen LogP contribution in [0.4, 0.5) is 18.9 Å². The highest BCUT2D eigenvalue weighted by atomic mass is 32.2. The average molecular weight is 369 g/mol. The average Bonchev–Trinajstić information content (AvgIpc) is 2.54. The molecule has 1 N–H and O–H groups in total. The summed E-state index contributed by atoms with van der Waals surface area (Å²) in [6, 6.07) is 7.07. The van der Waals surface area contributed by atoms with E-state index in [9.17, 15) is 22.8 Å². The summed E-state index contributed by atoms with van der Waals surface area (Å²) in [5.74, 6) is -0.509. The largest absolute Gasteiger partial charge is 0.433 e. The predicted octanol–water partition coefficient (Wildman–Crippen LogP) is 3.82. The van der Waals surface area contributed by atoms with Gasteiger partial charge in [0.2, 0.25) is 5.91 Å². The maximum Gasteiger partial charge on any atom is 0.433 e. The SMILES string of the molecule is CC(=O)c1ccc(NC(=O)C(C)Sc2nccc(C(F)(F)F)n2)cc1. The van der Waals surface area contributed by atoms with Crippen molar-refractivity contribution in [2.45, 2.75) is 30.4 Å². The molecule has 1 unspecified atom stereocenters. The van der Waals surface area contributed by atoms with E-state index < -0.39 is 23.0 Å². The zero-order valence-electron chi connectivity index (χ0n) is 13.3. The number of benzene rings is 1. The number of alkyl halides is 3. The van der Waals surface area contributed by atoms with Crippen LogP contribution in [0, 0.1) is 0 Å². The van der Waals surface area contributed by atoms with Gasteiger partial charge in [-0.3, -0.25) is 9.59 Å². The Morgan fingerprint density at radius 1 is 1.16 bits per heavy atom. The van der Waals surface area contributed by atoms with Crippen LogP contribution in [0.2, 0.25) is 0 Å². The lowest BCUT2D eigenvalue weighted by Gasteiger charge is -2.12.